The highest BCUT2D eigenvalue weighted by atomic mass is 15.1. The molecule has 0 amide bonds. The van der Waals surface area contributed by atoms with Crippen molar-refractivity contribution in [2.24, 2.45) is 5.92 Å². The normalized spacial score (nSPS) is 25.7. The van der Waals surface area contributed by atoms with E-state index < -0.39 is 0 Å². The Morgan fingerprint density at radius 3 is 2.95 bits per heavy atom. The third-order valence-electron chi connectivity index (χ3n) is 4.70. The van der Waals surface area contributed by atoms with Gasteiger partial charge in [0.2, 0.25) is 0 Å². The molecule has 19 heavy (non-hydrogen) atoms. The van der Waals surface area contributed by atoms with E-state index in [0.717, 1.165) is 24.8 Å². The Hall–Kier alpha value is -1.34. The lowest BCUT2D eigenvalue weighted by molar-refractivity contribution is 0.183. The molecule has 0 saturated carbocycles. The molecular formula is C18H23N. The molecule has 100 valence electrons. The van der Waals surface area contributed by atoms with Crippen LogP contribution in [-0.4, -0.2) is 24.5 Å². The maximum absolute atomic E-state index is 3.87. The number of piperidine rings is 1. The van der Waals surface area contributed by atoms with Gasteiger partial charge in [-0.25, -0.2) is 0 Å². The summed E-state index contributed by atoms with van der Waals surface area (Å²) in [6, 6.07) is 7.07. The van der Waals surface area contributed by atoms with Crippen LogP contribution in [0, 0.1) is 5.92 Å². The SMILES string of the molecule is C=CCc1ccc2c(c1)CC1CCN(CC=C)CC21. The highest BCUT2D eigenvalue weighted by molar-refractivity contribution is 5.40. The Bertz CT molecular complexity index is 488. The summed E-state index contributed by atoms with van der Waals surface area (Å²) in [4.78, 5) is 2.54. The fraction of sp³-hybridized carbons (Fsp3) is 0.444. The molecule has 1 nitrogen and oxygen atoms in total. The molecule has 1 aromatic rings. The van der Waals surface area contributed by atoms with E-state index in [1.807, 2.05) is 12.2 Å². The van der Waals surface area contributed by atoms with Crippen LogP contribution in [0.1, 0.15) is 29.0 Å². The van der Waals surface area contributed by atoms with Crippen LogP contribution >= 0.6 is 0 Å². The van der Waals surface area contributed by atoms with Gasteiger partial charge in [-0.15, -0.1) is 13.2 Å². The third-order valence-corrected chi connectivity index (χ3v) is 4.70. The summed E-state index contributed by atoms with van der Waals surface area (Å²) in [5, 5.41) is 0. The van der Waals surface area contributed by atoms with Gasteiger partial charge in [0.05, 0.1) is 0 Å². The molecule has 2 atom stereocenters. The zero-order valence-corrected chi connectivity index (χ0v) is 11.6. The van der Waals surface area contributed by atoms with Gasteiger partial charge in [0.25, 0.3) is 0 Å². The maximum Gasteiger partial charge on any atom is 0.0160 e. The van der Waals surface area contributed by atoms with Crippen LogP contribution in [0.4, 0.5) is 0 Å². The summed E-state index contributed by atoms with van der Waals surface area (Å²) in [5.74, 6) is 1.62. The standard InChI is InChI=1S/C18H23N/c1-3-5-14-6-7-17-16(11-14)12-15-8-10-19(9-4-2)13-18(15)17/h3-4,6-7,11,15,18H,1-2,5,8-10,12-13H2. The van der Waals surface area contributed by atoms with Crippen LogP contribution in [0.3, 0.4) is 0 Å². The molecular weight excluding hydrogens is 230 g/mol. The lowest BCUT2D eigenvalue weighted by atomic mass is 9.86. The van der Waals surface area contributed by atoms with Crippen molar-refractivity contribution in [2.45, 2.75) is 25.2 Å². The highest BCUT2D eigenvalue weighted by Gasteiger charge is 2.36. The first kappa shape index (κ1) is 12.7. The van der Waals surface area contributed by atoms with Crippen molar-refractivity contribution in [1.82, 2.24) is 4.90 Å². The molecule has 0 spiro atoms. The Kier molecular flexibility index (Phi) is 3.56. The van der Waals surface area contributed by atoms with Gasteiger partial charge in [0, 0.05) is 19.0 Å². The molecule has 3 rings (SSSR count). The van der Waals surface area contributed by atoms with E-state index in [9.17, 15) is 0 Å². The number of fused-ring (bicyclic) bond motifs is 3. The van der Waals surface area contributed by atoms with Crippen molar-refractivity contribution in [3.05, 3.63) is 60.2 Å². The van der Waals surface area contributed by atoms with Gasteiger partial charge in [0.15, 0.2) is 0 Å². The first-order valence-electron chi connectivity index (χ1n) is 7.37. The second-order valence-electron chi connectivity index (χ2n) is 5.93. The second kappa shape index (κ2) is 5.34. The average molecular weight is 253 g/mol. The molecule has 0 bridgehead atoms. The number of likely N-dealkylation sites (tertiary alicyclic amines) is 1. The summed E-state index contributed by atoms with van der Waals surface area (Å²) in [6.07, 6.45) is 7.64. The van der Waals surface area contributed by atoms with Crippen molar-refractivity contribution < 1.29 is 0 Å². The fourth-order valence-corrected chi connectivity index (χ4v) is 3.79. The Morgan fingerprint density at radius 2 is 2.16 bits per heavy atom. The van der Waals surface area contributed by atoms with Gasteiger partial charge < -0.3 is 0 Å². The van der Waals surface area contributed by atoms with Crippen molar-refractivity contribution in [3.8, 4) is 0 Å². The van der Waals surface area contributed by atoms with Crippen LogP contribution in [0.5, 0.6) is 0 Å². The minimum Gasteiger partial charge on any atom is -0.299 e. The molecule has 1 fully saturated rings. The third kappa shape index (κ3) is 2.40. The molecule has 0 radical (unpaired) electrons. The lowest BCUT2D eigenvalue weighted by Gasteiger charge is -2.34. The van der Waals surface area contributed by atoms with Crippen molar-refractivity contribution >= 4 is 0 Å². The van der Waals surface area contributed by atoms with E-state index in [4.69, 9.17) is 0 Å². The van der Waals surface area contributed by atoms with Crippen molar-refractivity contribution in [2.75, 3.05) is 19.6 Å². The number of hydrogen-bond donors (Lipinski definition) is 0. The zero-order valence-electron chi connectivity index (χ0n) is 11.6. The van der Waals surface area contributed by atoms with Gasteiger partial charge >= 0.3 is 0 Å². The van der Waals surface area contributed by atoms with Gasteiger partial charge in [-0.3, -0.25) is 4.90 Å². The van der Waals surface area contributed by atoms with E-state index in [1.165, 1.54) is 31.5 Å². The predicted octanol–water partition coefficient (Wildman–Crippen LogP) is 3.56. The second-order valence-corrected chi connectivity index (χ2v) is 5.93. The first-order valence-corrected chi connectivity index (χ1v) is 7.37. The molecule has 1 aliphatic heterocycles. The number of rotatable bonds is 4. The predicted molar refractivity (Wildman–Crippen MR) is 81.5 cm³/mol. The molecule has 1 saturated heterocycles. The highest BCUT2D eigenvalue weighted by Crippen LogP contribution is 2.43. The van der Waals surface area contributed by atoms with Crippen molar-refractivity contribution in [1.29, 1.82) is 0 Å². The Labute approximate surface area is 116 Å². The summed E-state index contributed by atoms with van der Waals surface area (Å²) in [5.41, 5.74) is 4.61. The average Bonchev–Trinajstić information content (AvgIpc) is 2.77. The van der Waals surface area contributed by atoms with Crippen LogP contribution in [0.15, 0.2) is 43.5 Å². The molecule has 1 aliphatic carbocycles. The fourth-order valence-electron chi connectivity index (χ4n) is 3.79. The van der Waals surface area contributed by atoms with Gasteiger partial charge in [0.1, 0.15) is 0 Å². The van der Waals surface area contributed by atoms with Crippen LogP contribution in [0.25, 0.3) is 0 Å². The Morgan fingerprint density at radius 1 is 1.26 bits per heavy atom. The monoisotopic (exact) mass is 253 g/mol. The molecule has 2 unspecified atom stereocenters. The van der Waals surface area contributed by atoms with Crippen LogP contribution < -0.4 is 0 Å². The lowest BCUT2D eigenvalue weighted by Crippen LogP contribution is -2.37. The smallest absolute Gasteiger partial charge is 0.0160 e. The van der Waals surface area contributed by atoms with Crippen LogP contribution in [-0.2, 0) is 12.8 Å². The van der Waals surface area contributed by atoms with E-state index in [-0.39, 0.29) is 0 Å². The van der Waals surface area contributed by atoms with Gasteiger partial charge in [-0.2, -0.15) is 0 Å². The van der Waals surface area contributed by atoms with E-state index in [1.54, 1.807) is 11.1 Å². The van der Waals surface area contributed by atoms with E-state index in [0.29, 0.717) is 0 Å². The minimum absolute atomic E-state index is 0.751. The Balaban J connectivity index is 1.82. The molecule has 0 N–H and O–H groups in total. The summed E-state index contributed by atoms with van der Waals surface area (Å²) >= 11 is 0. The zero-order chi connectivity index (χ0) is 13.2. The summed E-state index contributed by atoms with van der Waals surface area (Å²) < 4.78 is 0. The topological polar surface area (TPSA) is 3.24 Å². The van der Waals surface area contributed by atoms with Crippen LogP contribution in [0.2, 0.25) is 0 Å². The molecule has 0 aromatic heterocycles. The molecule has 1 heteroatoms. The molecule has 2 aliphatic rings. The first-order chi connectivity index (χ1) is 9.31. The largest absolute Gasteiger partial charge is 0.299 e. The van der Waals surface area contributed by atoms with Crippen molar-refractivity contribution in [3.63, 3.8) is 0 Å². The van der Waals surface area contributed by atoms with E-state index in [2.05, 4.69) is 36.3 Å². The summed E-state index contributed by atoms with van der Waals surface area (Å²) in [6.45, 7) is 11.2. The van der Waals surface area contributed by atoms with E-state index >= 15 is 0 Å². The maximum atomic E-state index is 3.87. The summed E-state index contributed by atoms with van der Waals surface area (Å²) in [7, 11) is 0. The number of nitrogens with zero attached hydrogens (tertiary/aromatic N) is 1. The van der Waals surface area contributed by atoms with Gasteiger partial charge in [-0.05, 0) is 48.4 Å². The molecule has 1 heterocycles. The minimum atomic E-state index is 0.751. The quantitative estimate of drug-likeness (QED) is 0.742. The number of hydrogen-bond acceptors (Lipinski definition) is 1. The van der Waals surface area contributed by atoms with Gasteiger partial charge in [-0.1, -0.05) is 30.4 Å². The number of benzene rings is 1. The molecule has 1 aromatic carbocycles. The number of allylic oxidation sites excluding steroid dienone is 1.